The minimum Gasteiger partial charge on any atom is -0.327 e. The maximum absolute atomic E-state index is 12.8. The molecule has 0 saturated heterocycles. The molecule has 94 valence electrons. The first-order valence-corrected chi connectivity index (χ1v) is 7.02. The van der Waals surface area contributed by atoms with Crippen molar-refractivity contribution in [3.8, 4) is 0 Å². The fourth-order valence-corrected chi connectivity index (χ4v) is 3.85. The van der Waals surface area contributed by atoms with Gasteiger partial charge in [0.2, 0.25) is 0 Å². The summed E-state index contributed by atoms with van der Waals surface area (Å²) in [7, 11) is 0. The van der Waals surface area contributed by atoms with E-state index in [1.165, 1.54) is 18.6 Å². The predicted molar refractivity (Wildman–Crippen MR) is 71.7 cm³/mol. The minimum atomic E-state index is -0.178. The van der Waals surface area contributed by atoms with Gasteiger partial charge in [0.05, 0.1) is 0 Å². The van der Waals surface area contributed by atoms with Gasteiger partial charge < -0.3 is 5.73 Å². The van der Waals surface area contributed by atoms with Crippen LogP contribution < -0.4 is 5.73 Å². The molecule has 0 bridgehead atoms. The zero-order chi connectivity index (χ0) is 12.5. The monoisotopic (exact) mass is 253 g/mol. The Morgan fingerprint density at radius 3 is 2.59 bits per heavy atom. The highest BCUT2D eigenvalue weighted by Crippen LogP contribution is 2.41. The Morgan fingerprint density at radius 2 is 1.94 bits per heavy atom. The molecule has 1 aliphatic carbocycles. The van der Waals surface area contributed by atoms with E-state index in [1.807, 2.05) is 12.1 Å². The van der Waals surface area contributed by atoms with Gasteiger partial charge in [-0.05, 0) is 48.9 Å². The van der Waals surface area contributed by atoms with E-state index in [9.17, 15) is 4.39 Å². The van der Waals surface area contributed by atoms with Crippen LogP contribution in [0.2, 0.25) is 0 Å². The molecule has 0 aromatic heterocycles. The number of thioether (sulfide) groups is 1. The zero-order valence-electron chi connectivity index (χ0n) is 10.4. The van der Waals surface area contributed by atoms with E-state index in [2.05, 4.69) is 13.8 Å². The van der Waals surface area contributed by atoms with Crippen molar-refractivity contribution in [3.05, 3.63) is 30.1 Å². The molecule has 1 aliphatic rings. The Labute approximate surface area is 107 Å². The number of benzene rings is 1. The SMILES string of the molecule is CC1(C)CCC(N)C(Sc2ccc(F)cc2)C1. The molecule has 2 rings (SSSR count). The lowest BCUT2D eigenvalue weighted by Crippen LogP contribution is -2.41. The summed E-state index contributed by atoms with van der Waals surface area (Å²) >= 11 is 1.79. The molecule has 1 nitrogen and oxygen atoms in total. The highest BCUT2D eigenvalue weighted by Gasteiger charge is 2.33. The van der Waals surface area contributed by atoms with Crippen LogP contribution in [0.25, 0.3) is 0 Å². The van der Waals surface area contributed by atoms with E-state index in [1.54, 1.807) is 11.8 Å². The maximum Gasteiger partial charge on any atom is 0.123 e. The molecule has 2 N–H and O–H groups in total. The third-order valence-electron chi connectivity index (χ3n) is 3.49. The molecule has 1 fully saturated rings. The summed E-state index contributed by atoms with van der Waals surface area (Å²) in [5.41, 5.74) is 6.57. The summed E-state index contributed by atoms with van der Waals surface area (Å²) in [5, 5.41) is 0.448. The third-order valence-corrected chi connectivity index (χ3v) is 4.85. The minimum absolute atomic E-state index is 0.178. The molecule has 0 heterocycles. The van der Waals surface area contributed by atoms with Crippen LogP contribution in [-0.2, 0) is 0 Å². The molecule has 0 radical (unpaired) electrons. The van der Waals surface area contributed by atoms with Crippen molar-refractivity contribution in [1.82, 2.24) is 0 Å². The second kappa shape index (κ2) is 4.99. The van der Waals surface area contributed by atoms with Gasteiger partial charge >= 0.3 is 0 Å². The number of halogens is 1. The predicted octanol–water partition coefficient (Wildman–Crippen LogP) is 3.82. The summed E-state index contributed by atoms with van der Waals surface area (Å²) in [6.07, 6.45) is 3.43. The smallest absolute Gasteiger partial charge is 0.123 e. The summed E-state index contributed by atoms with van der Waals surface area (Å²) in [5.74, 6) is -0.178. The van der Waals surface area contributed by atoms with E-state index < -0.39 is 0 Å². The van der Waals surface area contributed by atoms with E-state index in [-0.39, 0.29) is 11.9 Å². The van der Waals surface area contributed by atoms with Crippen LogP contribution in [0.15, 0.2) is 29.2 Å². The van der Waals surface area contributed by atoms with Crippen LogP contribution in [0.5, 0.6) is 0 Å². The van der Waals surface area contributed by atoms with Gasteiger partial charge in [0.1, 0.15) is 5.82 Å². The topological polar surface area (TPSA) is 26.0 Å². The quantitative estimate of drug-likeness (QED) is 0.867. The average Bonchev–Trinajstić information content (AvgIpc) is 2.26. The normalized spacial score (nSPS) is 28.0. The molecular weight excluding hydrogens is 233 g/mol. The van der Waals surface area contributed by atoms with Gasteiger partial charge in [-0.15, -0.1) is 11.8 Å². The van der Waals surface area contributed by atoms with Crippen LogP contribution in [-0.4, -0.2) is 11.3 Å². The standard InChI is InChI=1S/C14H20FNS/c1-14(2)8-7-12(16)13(9-14)17-11-5-3-10(15)4-6-11/h3-6,12-13H,7-9,16H2,1-2H3. The van der Waals surface area contributed by atoms with Gasteiger partial charge in [0, 0.05) is 16.2 Å². The summed E-state index contributed by atoms with van der Waals surface area (Å²) < 4.78 is 12.8. The van der Waals surface area contributed by atoms with Crippen LogP contribution in [0, 0.1) is 11.2 Å². The van der Waals surface area contributed by atoms with Gasteiger partial charge in [-0.1, -0.05) is 13.8 Å². The number of hydrogen-bond donors (Lipinski definition) is 1. The van der Waals surface area contributed by atoms with Gasteiger partial charge in [-0.25, -0.2) is 4.39 Å². The summed E-state index contributed by atoms with van der Waals surface area (Å²) in [6.45, 7) is 4.61. The van der Waals surface area contributed by atoms with Crippen molar-refractivity contribution < 1.29 is 4.39 Å². The summed E-state index contributed by atoms with van der Waals surface area (Å²) in [6, 6.07) is 6.98. The lowest BCUT2D eigenvalue weighted by atomic mass is 9.75. The van der Waals surface area contributed by atoms with Crippen molar-refractivity contribution in [2.24, 2.45) is 11.1 Å². The van der Waals surface area contributed by atoms with Gasteiger partial charge in [-0.3, -0.25) is 0 Å². The van der Waals surface area contributed by atoms with Crippen LogP contribution in [0.4, 0.5) is 4.39 Å². The van der Waals surface area contributed by atoms with Crippen molar-refractivity contribution in [2.75, 3.05) is 0 Å². The Bertz CT molecular complexity index is 374. The van der Waals surface area contributed by atoms with Crippen molar-refractivity contribution in [1.29, 1.82) is 0 Å². The molecule has 17 heavy (non-hydrogen) atoms. The molecule has 3 heteroatoms. The number of hydrogen-bond acceptors (Lipinski definition) is 2. The number of nitrogens with two attached hydrogens (primary N) is 1. The zero-order valence-corrected chi connectivity index (χ0v) is 11.3. The highest BCUT2D eigenvalue weighted by atomic mass is 32.2. The first-order valence-electron chi connectivity index (χ1n) is 6.14. The Balaban J connectivity index is 2.04. The molecule has 1 saturated carbocycles. The van der Waals surface area contributed by atoms with Crippen molar-refractivity contribution in [3.63, 3.8) is 0 Å². The van der Waals surface area contributed by atoms with Crippen molar-refractivity contribution >= 4 is 11.8 Å². The van der Waals surface area contributed by atoms with Crippen molar-refractivity contribution in [2.45, 2.75) is 49.3 Å². The third kappa shape index (κ3) is 3.46. The van der Waals surface area contributed by atoms with Crippen LogP contribution in [0.3, 0.4) is 0 Å². The van der Waals surface area contributed by atoms with E-state index in [0.29, 0.717) is 10.7 Å². The Morgan fingerprint density at radius 1 is 1.29 bits per heavy atom. The largest absolute Gasteiger partial charge is 0.327 e. The first-order chi connectivity index (χ1) is 7.96. The maximum atomic E-state index is 12.8. The van der Waals surface area contributed by atoms with Gasteiger partial charge in [0.15, 0.2) is 0 Å². The fraction of sp³-hybridized carbons (Fsp3) is 0.571. The molecule has 0 aliphatic heterocycles. The lowest BCUT2D eigenvalue weighted by Gasteiger charge is -2.38. The van der Waals surface area contributed by atoms with E-state index in [0.717, 1.165) is 17.7 Å². The molecule has 2 atom stereocenters. The molecule has 2 unspecified atom stereocenters. The highest BCUT2D eigenvalue weighted by molar-refractivity contribution is 8.00. The van der Waals surface area contributed by atoms with Gasteiger partial charge in [-0.2, -0.15) is 0 Å². The molecular formula is C14H20FNS. The molecule has 0 amide bonds. The molecule has 1 aromatic rings. The second-order valence-corrected chi connectivity index (χ2v) is 6.99. The summed E-state index contributed by atoms with van der Waals surface area (Å²) in [4.78, 5) is 1.12. The second-order valence-electron chi connectivity index (χ2n) is 5.68. The Hall–Kier alpha value is -0.540. The first kappa shape index (κ1) is 12.9. The Kier molecular flexibility index (Phi) is 3.79. The lowest BCUT2D eigenvalue weighted by molar-refractivity contribution is 0.232. The fourth-order valence-electron chi connectivity index (χ4n) is 2.36. The molecule has 1 aromatic carbocycles. The molecule has 0 spiro atoms. The van der Waals surface area contributed by atoms with E-state index in [4.69, 9.17) is 5.73 Å². The number of rotatable bonds is 2. The van der Waals surface area contributed by atoms with Crippen LogP contribution >= 0.6 is 11.8 Å². The van der Waals surface area contributed by atoms with Crippen LogP contribution in [0.1, 0.15) is 33.1 Å². The van der Waals surface area contributed by atoms with Gasteiger partial charge in [0.25, 0.3) is 0 Å². The van der Waals surface area contributed by atoms with E-state index >= 15 is 0 Å². The average molecular weight is 253 g/mol.